The lowest BCUT2D eigenvalue weighted by Gasteiger charge is -2.15. The van der Waals surface area contributed by atoms with Crippen molar-refractivity contribution in [2.45, 2.75) is 19.3 Å². The number of ether oxygens (including phenoxy) is 1. The molecular weight excluding hydrogens is 256 g/mol. The van der Waals surface area contributed by atoms with E-state index in [2.05, 4.69) is 22.0 Å². The second kappa shape index (κ2) is 4.79. The van der Waals surface area contributed by atoms with Gasteiger partial charge in [0.15, 0.2) is 0 Å². The summed E-state index contributed by atoms with van der Waals surface area (Å²) in [6.45, 7) is 0.659. The average molecular weight is 269 g/mol. The Bertz CT molecular complexity index is 374. The lowest BCUT2D eigenvalue weighted by atomic mass is 9.91. The predicted molar refractivity (Wildman–Crippen MR) is 62.8 cm³/mol. The number of hydrogen-bond donors (Lipinski definition) is 0. The van der Waals surface area contributed by atoms with Crippen molar-refractivity contribution in [3.8, 4) is 5.75 Å². The molecule has 2 nitrogen and oxygen atoms in total. The van der Waals surface area contributed by atoms with E-state index in [0.717, 1.165) is 23.1 Å². The molecule has 3 heteroatoms. The minimum Gasteiger partial charge on any atom is -0.493 e. The Morgan fingerprint density at radius 3 is 2.93 bits per heavy atom. The molecule has 1 aliphatic carbocycles. The molecule has 0 bridgehead atoms. The molecule has 1 aromatic rings. The van der Waals surface area contributed by atoms with Crippen LogP contribution in [0.2, 0.25) is 0 Å². The lowest BCUT2D eigenvalue weighted by molar-refractivity contribution is -0.118. The van der Waals surface area contributed by atoms with E-state index >= 15 is 0 Å². The Kier molecular flexibility index (Phi) is 3.41. The first-order valence-electron chi connectivity index (χ1n) is 5.12. The Morgan fingerprint density at radius 2 is 2.13 bits per heavy atom. The van der Waals surface area contributed by atoms with Gasteiger partial charge in [0.2, 0.25) is 0 Å². The van der Waals surface area contributed by atoms with Crippen molar-refractivity contribution in [1.82, 2.24) is 0 Å². The molecule has 15 heavy (non-hydrogen) atoms. The molecule has 0 spiro atoms. The summed E-state index contributed by atoms with van der Waals surface area (Å²) < 4.78 is 5.50. The number of carbonyl (C=O) groups excluding carboxylic acids is 1. The van der Waals surface area contributed by atoms with E-state index in [4.69, 9.17) is 4.74 Å². The van der Waals surface area contributed by atoms with Crippen LogP contribution in [0, 0.1) is 0 Å². The van der Waals surface area contributed by atoms with Crippen LogP contribution >= 0.6 is 15.9 Å². The zero-order chi connectivity index (χ0) is 10.7. The molecule has 0 atom stereocenters. The number of aryl methyl sites for hydroxylation is 1. The summed E-state index contributed by atoms with van der Waals surface area (Å²) in [5, 5.41) is 0.822. The maximum atomic E-state index is 11.3. The van der Waals surface area contributed by atoms with Gasteiger partial charge in [0, 0.05) is 18.2 Å². The van der Waals surface area contributed by atoms with Crippen molar-refractivity contribution in [1.29, 1.82) is 0 Å². The van der Waals surface area contributed by atoms with Gasteiger partial charge in [-0.25, -0.2) is 0 Å². The maximum absolute atomic E-state index is 11.3. The van der Waals surface area contributed by atoms with Gasteiger partial charge in [-0.05, 0) is 29.7 Å². The Hall–Kier alpha value is -0.830. The van der Waals surface area contributed by atoms with Gasteiger partial charge in [-0.2, -0.15) is 0 Å². The van der Waals surface area contributed by atoms with Crippen molar-refractivity contribution < 1.29 is 9.53 Å². The Labute approximate surface area is 97.8 Å². The summed E-state index contributed by atoms with van der Waals surface area (Å²) in [5.41, 5.74) is 2.43. The van der Waals surface area contributed by atoms with E-state index in [-0.39, 0.29) is 0 Å². The van der Waals surface area contributed by atoms with Crippen LogP contribution in [0.4, 0.5) is 0 Å². The molecule has 0 aliphatic heterocycles. The summed E-state index contributed by atoms with van der Waals surface area (Å²) in [4.78, 5) is 11.3. The zero-order valence-corrected chi connectivity index (χ0v) is 10.0. The number of halogens is 1. The van der Waals surface area contributed by atoms with Crippen molar-refractivity contribution in [3.05, 3.63) is 29.3 Å². The van der Waals surface area contributed by atoms with Gasteiger partial charge in [-0.3, -0.25) is 4.79 Å². The van der Waals surface area contributed by atoms with Crippen LogP contribution in [0.5, 0.6) is 5.75 Å². The van der Waals surface area contributed by atoms with E-state index in [0.29, 0.717) is 25.2 Å². The van der Waals surface area contributed by atoms with Crippen molar-refractivity contribution in [2.75, 3.05) is 11.9 Å². The molecular formula is C12H13BrO2. The van der Waals surface area contributed by atoms with Gasteiger partial charge in [-0.1, -0.05) is 22.0 Å². The second-order valence-corrected chi connectivity index (χ2v) is 4.48. The standard InChI is InChI=1S/C12H13BrO2/c13-5-6-15-12-4-2-9-1-3-11(14)7-10(9)8-12/h2,4,8H,1,3,5-7H2. The van der Waals surface area contributed by atoms with E-state index in [1.165, 1.54) is 5.56 Å². The third-order valence-corrected chi connectivity index (χ3v) is 2.91. The van der Waals surface area contributed by atoms with Gasteiger partial charge < -0.3 is 4.74 Å². The van der Waals surface area contributed by atoms with Crippen LogP contribution in [0.3, 0.4) is 0 Å². The summed E-state index contributed by atoms with van der Waals surface area (Å²) in [6.07, 6.45) is 2.14. The number of carbonyl (C=O) groups is 1. The molecule has 2 rings (SSSR count). The van der Waals surface area contributed by atoms with Gasteiger partial charge >= 0.3 is 0 Å². The number of benzene rings is 1. The zero-order valence-electron chi connectivity index (χ0n) is 8.46. The molecule has 0 amide bonds. The molecule has 0 unspecified atom stereocenters. The smallest absolute Gasteiger partial charge is 0.137 e. The van der Waals surface area contributed by atoms with Crippen molar-refractivity contribution in [2.24, 2.45) is 0 Å². The number of rotatable bonds is 3. The van der Waals surface area contributed by atoms with Crippen LogP contribution in [0.25, 0.3) is 0 Å². The highest BCUT2D eigenvalue weighted by Gasteiger charge is 2.15. The first kappa shape index (κ1) is 10.7. The second-order valence-electron chi connectivity index (χ2n) is 3.68. The van der Waals surface area contributed by atoms with Gasteiger partial charge in [0.05, 0.1) is 6.61 Å². The Balaban J connectivity index is 2.17. The number of ketones is 1. The SMILES string of the molecule is O=C1CCc2ccc(OCCBr)cc2C1. The highest BCUT2D eigenvalue weighted by Crippen LogP contribution is 2.23. The molecule has 80 valence electrons. The van der Waals surface area contributed by atoms with E-state index in [1.807, 2.05) is 12.1 Å². The van der Waals surface area contributed by atoms with E-state index in [1.54, 1.807) is 0 Å². The monoisotopic (exact) mass is 268 g/mol. The number of alkyl halides is 1. The summed E-state index contributed by atoms with van der Waals surface area (Å²) >= 11 is 3.31. The molecule has 0 radical (unpaired) electrons. The van der Waals surface area contributed by atoms with Crippen LogP contribution in [-0.2, 0) is 17.6 Å². The fraction of sp³-hybridized carbons (Fsp3) is 0.417. The van der Waals surface area contributed by atoms with Crippen LogP contribution in [0.1, 0.15) is 17.5 Å². The van der Waals surface area contributed by atoms with Gasteiger partial charge in [0.1, 0.15) is 11.5 Å². The minimum absolute atomic E-state index is 0.333. The van der Waals surface area contributed by atoms with Crippen molar-refractivity contribution in [3.63, 3.8) is 0 Å². The third-order valence-electron chi connectivity index (χ3n) is 2.58. The largest absolute Gasteiger partial charge is 0.493 e. The molecule has 0 saturated heterocycles. The Morgan fingerprint density at radius 1 is 1.27 bits per heavy atom. The van der Waals surface area contributed by atoms with Gasteiger partial charge in [0.25, 0.3) is 0 Å². The maximum Gasteiger partial charge on any atom is 0.137 e. The molecule has 0 saturated carbocycles. The topological polar surface area (TPSA) is 26.3 Å². The number of hydrogen-bond acceptors (Lipinski definition) is 2. The quantitative estimate of drug-likeness (QED) is 0.788. The summed E-state index contributed by atoms with van der Waals surface area (Å²) in [5.74, 6) is 1.20. The van der Waals surface area contributed by atoms with Crippen LogP contribution in [0.15, 0.2) is 18.2 Å². The highest BCUT2D eigenvalue weighted by atomic mass is 79.9. The molecule has 0 fully saturated rings. The molecule has 0 N–H and O–H groups in total. The average Bonchev–Trinajstić information content (AvgIpc) is 2.25. The molecule has 1 aromatic carbocycles. The fourth-order valence-electron chi connectivity index (χ4n) is 1.83. The highest BCUT2D eigenvalue weighted by molar-refractivity contribution is 9.09. The normalized spacial score (nSPS) is 14.9. The fourth-order valence-corrected chi connectivity index (χ4v) is 1.99. The van der Waals surface area contributed by atoms with Crippen LogP contribution < -0.4 is 4.74 Å². The van der Waals surface area contributed by atoms with E-state index < -0.39 is 0 Å². The number of Topliss-reactive ketones (excluding diaryl/α,β-unsaturated/α-hetero) is 1. The minimum atomic E-state index is 0.333. The summed E-state index contributed by atoms with van der Waals surface area (Å²) in [7, 11) is 0. The van der Waals surface area contributed by atoms with Gasteiger partial charge in [-0.15, -0.1) is 0 Å². The third kappa shape index (κ3) is 2.59. The lowest BCUT2D eigenvalue weighted by Crippen LogP contribution is -2.13. The van der Waals surface area contributed by atoms with E-state index in [9.17, 15) is 4.79 Å². The van der Waals surface area contributed by atoms with Crippen LogP contribution in [-0.4, -0.2) is 17.7 Å². The first-order chi connectivity index (χ1) is 7.29. The predicted octanol–water partition coefficient (Wildman–Crippen LogP) is 2.52. The summed E-state index contributed by atoms with van der Waals surface area (Å²) in [6, 6.07) is 6.05. The molecule has 0 heterocycles. The molecule has 0 aromatic heterocycles. The number of fused-ring (bicyclic) bond motifs is 1. The first-order valence-corrected chi connectivity index (χ1v) is 6.24. The van der Waals surface area contributed by atoms with Crippen molar-refractivity contribution >= 4 is 21.7 Å². The molecule has 1 aliphatic rings.